The molecule has 0 fully saturated rings. The van der Waals surface area contributed by atoms with Crippen LogP contribution >= 0.6 is 0 Å². The van der Waals surface area contributed by atoms with Gasteiger partial charge in [0.25, 0.3) is 5.91 Å². The third-order valence-electron chi connectivity index (χ3n) is 5.33. The average molecular weight is 520 g/mol. The number of amides is 3. The quantitative estimate of drug-likeness (QED) is 0.230. The van der Waals surface area contributed by atoms with Crippen molar-refractivity contribution in [2.24, 2.45) is 0 Å². The van der Waals surface area contributed by atoms with Crippen LogP contribution < -0.4 is 21.1 Å². The van der Waals surface area contributed by atoms with Gasteiger partial charge < -0.3 is 30.4 Å². The van der Waals surface area contributed by atoms with E-state index in [1.54, 1.807) is 67.6 Å². The van der Waals surface area contributed by atoms with Crippen molar-refractivity contribution in [3.05, 3.63) is 96.1 Å². The molecule has 0 bridgehead atoms. The summed E-state index contributed by atoms with van der Waals surface area (Å²) in [4.78, 5) is 37.7. The van der Waals surface area contributed by atoms with Gasteiger partial charge in [-0.05, 0) is 55.0 Å². The van der Waals surface area contributed by atoms with Crippen LogP contribution in [0, 0.1) is 0 Å². The smallest absolute Gasteiger partial charge is 0.414 e. The van der Waals surface area contributed by atoms with Gasteiger partial charge in [-0.15, -0.1) is 0 Å². The third kappa shape index (κ3) is 7.58. The molecule has 0 saturated carbocycles. The lowest BCUT2D eigenvalue weighted by molar-refractivity contribution is -0.112. The predicted octanol–water partition coefficient (Wildman–Crippen LogP) is 4.19. The highest BCUT2D eigenvalue weighted by Crippen LogP contribution is 2.33. The number of carbonyl (C=O) groups is 3. The summed E-state index contributed by atoms with van der Waals surface area (Å²) in [6.45, 7) is 1.93. The molecular formula is C28H29N3O7. The molecule has 0 unspecified atom stereocenters. The zero-order valence-corrected chi connectivity index (χ0v) is 20.9. The Bertz CT molecular complexity index is 1290. The number of nitrogens with one attached hydrogen (secondary N) is 2. The standard InChI is InChI=1S/C28H29N3O7/c1-3-37-24(15-16-25(33)30-21-12-8-7-11-20(21)29)26(19-13-14-23(36-2)22(32)17-19)38-28(35)31-27(34)18-9-5-4-6-10-18/h4-17,24,26,32H,3,29H2,1-2H3,(H,30,33)(H,31,34,35)/b16-15+/t24-,26-/m0/s1. The van der Waals surface area contributed by atoms with E-state index < -0.39 is 30.1 Å². The molecular weight excluding hydrogens is 490 g/mol. The Balaban J connectivity index is 1.85. The van der Waals surface area contributed by atoms with Crippen molar-refractivity contribution in [3.63, 3.8) is 0 Å². The lowest BCUT2D eigenvalue weighted by Crippen LogP contribution is -2.35. The molecule has 0 radical (unpaired) electrons. The minimum Gasteiger partial charge on any atom is -0.504 e. The van der Waals surface area contributed by atoms with Crippen LogP contribution in [0.3, 0.4) is 0 Å². The molecule has 0 aliphatic rings. The Hall–Kier alpha value is -4.83. The highest BCUT2D eigenvalue weighted by molar-refractivity contribution is 6.03. The Labute approximate surface area is 220 Å². The molecule has 0 saturated heterocycles. The van der Waals surface area contributed by atoms with Crippen LogP contribution in [0.5, 0.6) is 11.5 Å². The molecule has 38 heavy (non-hydrogen) atoms. The predicted molar refractivity (Wildman–Crippen MR) is 142 cm³/mol. The molecule has 5 N–H and O–H groups in total. The number of hydrogen-bond acceptors (Lipinski definition) is 8. The molecule has 0 aromatic heterocycles. The summed E-state index contributed by atoms with van der Waals surface area (Å²) >= 11 is 0. The number of nitrogen functional groups attached to an aromatic ring is 1. The average Bonchev–Trinajstić information content (AvgIpc) is 2.91. The minimum absolute atomic E-state index is 0.198. The molecule has 0 aliphatic carbocycles. The number of methoxy groups -OCH3 is 1. The summed E-state index contributed by atoms with van der Waals surface area (Å²) in [5, 5.41) is 15.2. The molecule has 0 aliphatic heterocycles. The fraction of sp³-hybridized carbons (Fsp3) is 0.179. The molecule has 3 rings (SSSR count). The summed E-state index contributed by atoms with van der Waals surface area (Å²) in [6.07, 6.45) is -0.528. The Morgan fingerprint density at radius 3 is 2.39 bits per heavy atom. The molecule has 3 aromatic rings. The van der Waals surface area contributed by atoms with E-state index in [1.165, 1.54) is 31.4 Å². The normalized spacial score (nSPS) is 12.4. The monoisotopic (exact) mass is 519 g/mol. The SMILES string of the molecule is CCO[C@@H](/C=C/C(=O)Nc1ccccc1N)[C@@H](OC(=O)NC(=O)c1ccccc1)c1ccc(OC)c(O)c1. The Morgan fingerprint density at radius 2 is 1.74 bits per heavy atom. The summed E-state index contributed by atoms with van der Waals surface area (Å²) < 4.78 is 16.5. The number of anilines is 2. The number of ether oxygens (including phenoxy) is 3. The van der Waals surface area contributed by atoms with E-state index in [9.17, 15) is 19.5 Å². The molecule has 10 heteroatoms. The minimum atomic E-state index is -1.15. The molecule has 198 valence electrons. The number of alkyl carbamates (subject to hydrolysis) is 1. The van der Waals surface area contributed by atoms with Gasteiger partial charge in [0.15, 0.2) is 17.6 Å². The van der Waals surface area contributed by atoms with Crippen molar-refractivity contribution >= 4 is 29.3 Å². The van der Waals surface area contributed by atoms with Gasteiger partial charge in [-0.25, -0.2) is 4.79 Å². The van der Waals surface area contributed by atoms with Crippen LogP contribution in [0.15, 0.2) is 84.9 Å². The van der Waals surface area contributed by atoms with Crippen molar-refractivity contribution in [1.82, 2.24) is 5.32 Å². The molecule has 3 aromatic carbocycles. The van der Waals surface area contributed by atoms with Gasteiger partial charge in [0.05, 0.1) is 18.5 Å². The molecule has 10 nitrogen and oxygen atoms in total. The summed E-state index contributed by atoms with van der Waals surface area (Å²) in [5.74, 6) is -1.14. The van der Waals surface area contributed by atoms with Gasteiger partial charge in [0.2, 0.25) is 5.91 Å². The molecule has 0 spiro atoms. The van der Waals surface area contributed by atoms with Gasteiger partial charge in [-0.3, -0.25) is 14.9 Å². The zero-order chi connectivity index (χ0) is 27.5. The maximum Gasteiger partial charge on any atom is 0.414 e. The van der Waals surface area contributed by atoms with E-state index in [0.717, 1.165) is 0 Å². The zero-order valence-electron chi connectivity index (χ0n) is 20.9. The van der Waals surface area contributed by atoms with Crippen molar-refractivity contribution in [2.75, 3.05) is 24.8 Å². The third-order valence-corrected chi connectivity index (χ3v) is 5.33. The van der Waals surface area contributed by atoms with Gasteiger partial charge in [0.1, 0.15) is 6.10 Å². The van der Waals surface area contributed by atoms with Crippen LogP contribution in [0.1, 0.15) is 28.9 Å². The number of hydrogen-bond donors (Lipinski definition) is 4. The number of benzene rings is 3. The first-order chi connectivity index (χ1) is 18.3. The van der Waals surface area contributed by atoms with Gasteiger partial charge >= 0.3 is 6.09 Å². The number of aromatic hydroxyl groups is 1. The highest BCUT2D eigenvalue weighted by atomic mass is 16.6. The van der Waals surface area contributed by atoms with Crippen molar-refractivity contribution in [1.29, 1.82) is 0 Å². The molecule has 0 heterocycles. The van der Waals surface area contributed by atoms with Gasteiger partial charge in [-0.1, -0.05) is 36.4 Å². The van der Waals surface area contributed by atoms with Crippen LogP contribution in [-0.4, -0.2) is 42.8 Å². The number of nitrogens with two attached hydrogens (primary N) is 1. The highest BCUT2D eigenvalue weighted by Gasteiger charge is 2.28. The van der Waals surface area contributed by atoms with E-state index in [1.807, 2.05) is 0 Å². The number of phenols is 1. The number of phenolic OH excluding ortho intramolecular Hbond substituents is 1. The van der Waals surface area contributed by atoms with Crippen LogP contribution in [0.2, 0.25) is 0 Å². The van der Waals surface area contributed by atoms with E-state index in [4.69, 9.17) is 19.9 Å². The Kier molecular flexibility index (Phi) is 9.84. The van der Waals surface area contributed by atoms with E-state index >= 15 is 0 Å². The van der Waals surface area contributed by atoms with E-state index in [2.05, 4.69) is 10.6 Å². The maximum absolute atomic E-state index is 12.7. The summed E-state index contributed by atoms with van der Waals surface area (Å²) in [7, 11) is 1.40. The van der Waals surface area contributed by atoms with Crippen molar-refractivity contribution < 1.29 is 33.7 Å². The fourth-order valence-electron chi connectivity index (χ4n) is 3.51. The lowest BCUT2D eigenvalue weighted by Gasteiger charge is -2.25. The van der Waals surface area contributed by atoms with E-state index in [-0.39, 0.29) is 23.7 Å². The largest absolute Gasteiger partial charge is 0.504 e. The van der Waals surface area contributed by atoms with Crippen molar-refractivity contribution in [2.45, 2.75) is 19.1 Å². The topological polar surface area (TPSA) is 149 Å². The van der Waals surface area contributed by atoms with Crippen LogP contribution in [0.4, 0.5) is 16.2 Å². The van der Waals surface area contributed by atoms with Gasteiger partial charge in [0, 0.05) is 18.2 Å². The molecule has 3 amide bonds. The van der Waals surface area contributed by atoms with E-state index in [0.29, 0.717) is 16.9 Å². The maximum atomic E-state index is 12.7. The van der Waals surface area contributed by atoms with Gasteiger partial charge in [-0.2, -0.15) is 0 Å². The first kappa shape index (κ1) is 27.8. The number of carbonyl (C=O) groups excluding carboxylic acids is 3. The summed E-state index contributed by atoms with van der Waals surface area (Å²) in [6, 6.07) is 19.3. The second kappa shape index (κ2) is 13.5. The fourth-order valence-corrected chi connectivity index (χ4v) is 3.51. The first-order valence-corrected chi connectivity index (χ1v) is 11.7. The number of rotatable bonds is 10. The lowest BCUT2D eigenvalue weighted by atomic mass is 10.0. The van der Waals surface area contributed by atoms with Crippen LogP contribution in [-0.2, 0) is 14.3 Å². The Morgan fingerprint density at radius 1 is 1.03 bits per heavy atom. The molecule has 2 atom stereocenters. The first-order valence-electron chi connectivity index (χ1n) is 11.7. The number of imide groups is 1. The number of para-hydroxylation sites is 2. The second-order valence-corrected chi connectivity index (χ2v) is 7.93. The van der Waals surface area contributed by atoms with Crippen LogP contribution in [0.25, 0.3) is 0 Å². The van der Waals surface area contributed by atoms with Crippen molar-refractivity contribution in [3.8, 4) is 11.5 Å². The second-order valence-electron chi connectivity index (χ2n) is 7.93. The summed E-state index contributed by atoms with van der Waals surface area (Å²) in [5.41, 5.74) is 7.31.